The maximum absolute atomic E-state index is 9.43. The van der Waals surface area contributed by atoms with Crippen molar-refractivity contribution in [3.8, 4) is 5.75 Å². The van der Waals surface area contributed by atoms with Crippen molar-refractivity contribution in [2.24, 2.45) is 0 Å². The van der Waals surface area contributed by atoms with Crippen LogP contribution in [-0.2, 0) is 0 Å². The third-order valence-corrected chi connectivity index (χ3v) is 2.79. The predicted molar refractivity (Wildman–Crippen MR) is 58.2 cm³/mol. The number of nitrogens with zero attached hydrogens (tertiary/aromatic N) is 2. The second kappa shape index (κ2) is 4.49. The number of aromatic nitrogens is 1. The molecule has 1 saturated heterocycles. The summed E-state index contributed by atoms with van der Waals surface area (Å²) in [5.41, 5.74) is 1.07. The number of hydrogen-bond donors (Lipinski definition) is 1. The van der Waals surface area contributed by atoms with Crippen molar-refractivity contribution in [3.05, 3.63) is 18.5 Å². The molecular weight excluding hydrogens is 192 g/mol. The second-order valence-corrected chi connectivity index (χ2v) is 3.77. The summed E-state index contributed by atoms with van der Waals surface area (Å²) in [5, 5.41) is 9.43. The van der Waals surface area contributed by atoms with Crippen LogP contribution in [0.15, 0.2) is 18.5 Å². The molecule has 15 heavy (non-hydrogen) atoms. The Morgan fingerprint density at radius 2 is 2.20 bits per heavy atom. The number of aliphatic hydroxyl groups excluding tert-OH is 1. The van der Waals surface area contributed by atoms with Gasteiger partial charge in [-0.2, -0.15) is 0 Å². The van der Waals surface area contributed by atoms with Crippen LogP contribution in [0.3, 0.4) is 0 Å². The molecule has 0 spiro atoms. The van der Waals surface area contributed by atoms with Gasteiger partial charge in [-0.1, -0.05) is 0 Å². The highest BCUT2D eigenvalue weighted by molar-refractivity contribution is 5.57. The summed E-state index contributed by atoms with van der Waals surface area (Å²) in [6.07, 6.45) is 4.99. The predicted octanol–water partition coefficient (Wildman–Crippen LogP) is 1.05. The summed E-state index contributed by atoms with van der Waals surface area (Å²) in [4.78, 5) is 6.25. The lowest BCUT2D eigenvalue weighted by molar-refractivity contribution is 0.145. The Kier molecular flexibility index (Phi) is 3.06. The Hall–Kier alpha value is -1.29. The normalized spacial score (nSPS) is 17.9. The zero-order chi connectivity index (χ0) is 10.7. The van der Waals surface area contributed by atoms with E-state index < -0.39 is 0 Å². The smallest absolute Gasteiger partial charge is 0.160 e. The molecule has 0 saturated carbocycles. The molecule has 4 nitrogen and oxygen atoms in total. The van der Waals surface area contributed by atoms with Crippen LogP contribution in [0.5, 0.6) is 5.75 Å². The largest absolute Gasteiger partial charge is 0.493 e. The number of anilines is 1. The molecule has 0 radical (unpaired) electrons. The molecule has 1 N–H and O–H groups in total. The first-order valence-electron chi connectivity index (χ1n) is 5.22. The van der Waals surface area contributed by atoms with E-state index >= 15 is 0 Å². The minimum atomic E-state index is -0.144. The highest BCUT2D eigenvalue weighted by Crippen LogP contribution is 2.28. The zero-order valence-corrected chi connectivity index (χ0v) is 8.89. The Balaban J connectivity index is 2.15. The number of rotatable bonds is 2. The molecule has 4 heteroatoms. The molecule has 1 aliphatic heterocycles. The molecule has 0 amide bonds. The van der Waals surface area contributed by atoms with E-state index in [2.05, 4.69) is 9.88 Å². The average Bonchev–Trinajstić information content (AvgIpc) is 2.30. The first kappa shape index (κ1) is 10.2. The van der Waals surface area contributed by atoms with Gasteiger partial charge in [-0.05, 0) is 18.9 Å². The fraction of sp³-hybridized carbons (Fsp3) is 0.545. The molecule has 2 heterocycles. The molecule has 1 fully saturated rings. The standard InChI is InChI=1S/C11H16N2O2/c1-15-11-8-12-5-2-10(11)13-6-3-9(14)4-7-13/h2,5,8-9,14H,3-4,6-7H2,1H3. The Morgan fingerprint density at radius 3 is 2.87 bits per heavy atom. The van der Waals surface area contributed by atoms with Gasteiger partial charge in [-0.25, -0.2) is 0 Å². The van der Waals surface area contributed by atoms with Gasteiger partial charge in [0.15, 0.2) is 5.75 Å². The average molecular weight is 208 g/mol. The van der Waals surface area contributed by atoms with Gasteiger partial charge in [0.1, 0.15) is 0 Å². The van der Waals surface area contributed by atoms with Crippen LogP contribution in [0.25, 0.3) is 0 Å². The van der Waals surface area contributed by atoms with Crippen LogP contribution >= 0.6 is 0 Å². The summed E-state index contributed by atoms with van der Waals surface area (Å²) in [6, 6.07) is 1.95. The zero-order valence-electron chi connectivity index (χ0n) is 8.89. The van der Waals surface area contributed by atoms with Crippen molar-refractivity contribution in [1.82, 2.24) is 4.98 Å². The minimum Gasteiger partial charge on any atom is -0.493 e. The molecular formula is C11H16N2O2. The van der Waals surface area contributed by atoms with Crippen LogP contribution < -0.4 is 9.64 Å². The van der Waals surface area contributed by atoms with E-state index in [4.69, 9.17) is 4.74 Å². The van der Waals surface area contributed by atoms with Crippen molar-refractivity contribution in [2.45, 2.75) is 18.9 Å². The molecule has 0 aromatic carbocycles. The molecule has 1 aromatic rings. The molecule has 2 rings (SSSR count). The first-order chi connectivity index (χ1) is 7.31. The summed E-state index contributed by atoms with van der Waals surface area (Å²) < 4.78 is 5.26. The second-order valence-electron chi connectivity index (χ2n) is 3.77. The first-order valence-corrected chi connectivity index (χ1v) is 5.22. The Labute approximate surface area is 89.5 Å². The number of hydrogen-bond acceptors (Lipinski definition) is 4. The molecule has 1 aromatic heterocycles. The van der Waals surface area contributed by atoms with Crippen molar-refractivity contribution in [3.63, 3.8) is 0 Å². The van der Waals surface area contributed by atoms with E-state index in [9.17, 15) is 5.11 Å². The van der Waals surface area contributed by atoms with Gasteiger partial charge in [-0.3, -0.25) is 4.98 Å². The van der Waals surface area contributed by atoms with Gasteiger partial charge < -0.3 is 14.7 Å². The molecule has 0 atom stereocenters. The van der Waals surface area contributed by atoms with Gasteiger partial charge >= 0.3 is 0 Å². The fourth-order valence-corrected chi connectivity index (χ4v) is 1.90. The van der Waals surface area contributed by atoms with E-state index in [0.29, 0.717) is 0 Å². The molecule has 0 unspecified atom stereocenters. The van der Waals surface area contributed by atoms with Crippen LogP contribution in [0.1, 0.15) is 12.8 Å². The van der Waals surface area contributed by atoms with Gasteiger partial charge in [0, 0.05) is 19.3 Å². The lowest BCUT2D eigenvalue weighted by atomic mass is 10.1. The molecule has 0 bridgehead atoms. The Bertz CT molecular complexity index is 322. The number of pyridine rings is 1. The lowest BCUT2D eigenvalue weighted by Crippen LogP contribution is -2.35. The van der Waals surface area contributed by atoms with Gasteiger partial charge in [0.05, 0.1) is 25.1 Å². The molecule has 1 aliphatic rings. The van der Waals surface area contributed by atoms with Crippen LogP contribution in [0.2, 0.25) is 0 Å². The lowest BCUT2D eigenvalue weighted by Gasteiger charge is -2.32. The Morgan fingerprint density at radius 1 is 1.47 bits per heavy atom. The monoisotopic (exact) mass is 208 g/mol. The van der Waals surface area contributed by atoms with Crippen LogP contribution in [-0.4, -0.2) is 36.4 Å². The third-order valence-electron chi connectivity index (χ3n) is 2.79. The van der Waals surface area contributed by atoms with E-state index in [0.717, 1.165) is 37.4 Å². The van der Waals surface area contributed by atoms with Crippen molar-refractivity contribution in [1.29, 1.82) is 0 Å². The summed E-state index contributed by atoms with van der Waals surface area (Å²) in [5.74, 6) is 0.800. The SMILES string of the molecule is COc1cnccc1N1CCC(O)CC1. The topological polar surface area (TPSA) is 45.6 Å². The number of aliphatic hydroxyl groups is 1. The van der Waals surface area contributed by atoms with Crippen LogP contribution in [0.4, 0.5) is 5.69 Å². The van der Waals surface area contributed by atoms with E-state index in [1.54, 1.807) is 19.5 Å². The fourth-order valence-electron chi connectivity index (χ4n) is 1.90. The summed E-state index contributed by atoms with van der Waals surface area (Å²) in [7, 11) is 1.65. The van der Waals surface area contributed by atoms with E-state index in [1.165, 1.54) is 0 Å². The maximum atomic E-state index is 9.43. The highest BCUT2D eigenvalue weighted by atomic mass is 16.5. The minimum absolute atomic E-state index is 0.144. The maximum Gasteiger partial charge on any atom is 0.160 e. The number of piperidine rings is 1. The van der Waals surface area contributed by atoms with Crippen molar-refractivity contribution < 1.29 is 9.84 Å². The van der Waals surface area contributed by atoms with Crippen LogP contribution in [0, 0.1) is 0 Å². The van der Waals surface area contributed by atoms with Gasteiger partial charge in [0.2, 0.25) is 0 Å². The van der Waals surface area contributed by atoms with E-state index in [1.807, 2.05) is 6.07 Å². The van der Waals surface area contributed by atoms with E-state index in [-0.39, 0.29) is 6.10 Å². The number of methoxy groups -OCH3 is 1. The molecule has 0 aliphatic carbocycles. The van der Waals surface area contributed by atoms with Gasteiger partial charge in [0.25, 0.3) is 0 Å². The summed E-state index contributed by atoms with van der Waals surface area (Å²) >= 11 is 0. The van der Waals surface area contributed by atoms with Crippen molar-refractivity contribution in [2.75, 3.05) is 25.1 Å². The van der Waals surface area contributed by atoms with Crippen molar-refractivity contribution >= 4 is 5.69 Å². The number of ether oxygens (including phenoxy) is 1. The molecule has 82 valence electrons. The quantitative estimate of drug-likeness (QED) is 0.789. The summed E-state index contributed by atoms with van der Waals surface area (Å²) in [6.45, 7) is 1.75. The third kappa shape index (κ3) is 2.21. The van der Waals surface area contributed by atoms with Gasteiger partial charge in [-0.15, -0.1) is 0 Å². The highest BCUT2D eigenvalue weighted by Gasteiger charge is 2.19.